The Morgan fingerprint density at radius 3 is 3.06 bits per heavy atom. The van der Waals surface area contributed by atoms with Crippen molar-refractivity contribution in [3.63, 3.8) is 0 Å². The second-order valence-corrected chi connectivity index (χ2v) is 3.87. The van der Waals surface area contributed by atoms with E-state index in [4.69, 9.17) is 16.3 Å². The molecule has 1 heterocycles. The Hall–Kier alpha value is -1.26. The fourth-order valence-electron chi connectivity index (χ4n) is 1.80. The van der Waals surface area contributed by atoms with Crippen molar-refractivity contribution in [2.75, 3.05) is 13.7 Å². The van der Waals surface area contributed by atoms with Crippen molar-refractivity contribution in [1.29, 1.82) is 0 Å². The van der Waals surface area contributed by atoms with Gasteiger partial charge in [0.05, 0.1) is 13.7 Å². The van der Waals surface area contributed by atoms with E-state index in [0.29, 0.717) is 29.4 Å². The molecule has 1 N–H and O–H groups in total. The molecule has 0 bridgehead atoms. The van der Waals surface area contributed by atoms with Gasteiger partial charge in [0.1, 0.15) is 5.75 Å². The number of carbonyl (C=O) groups is 1. The van der Waals surface area contributed by atoms with Gasteiger partial charge in [-0.25, -0.2) is 4.79 Å². The molecule has 0 spiro atoms. The van der Waals surface area contributed by atoms with Gasteiger partial charge in [-0.2, -0.15) is 0 Å². The normalized spacial score (nSPS) is 15.2. The van der Waals surface area contributed by atoms with E-state index in [9.17, 15) is 9.90 Å². The molecule has 0 fully saturated rings. The van der Waals surface area contributed by atoms with Crippen molar-refractivity contribution < 1.29 is 19.4 Å². The van der Waals surface area contributed by atoms with Crippen LogP contribution in [0.1, 0.15) is 17.2 Å². The fraction of sp³-hybridized carbons (Fsp3) is 0.364. The Balaban J connectivity index is 2.47. The lowest BCUT2D eigenvalue weighted by Gasteiger charge is -2.13. The quantitative estimate of drug-likeness (QED) is 0.799. The predicted octanol–water partition coefficient (Wildman–Crippen LogP) is 1.48. The van der Waals surface area contributed by atoms with Crippen molar-refractivity contribution in [2.24, 2.45) is 0 Å². The highest BCUT2D eigenvalue weighted by atomic mass is 35.5. The zero-order chi connectivity index (χ0) is 11.7. The minimum atomic E-state index is -1.35. The van der Waals surface area contributed by atoms with Gasteiger partial charge in [-0.05, 0) is 12.1 Å². The van der Waals surface area contributed by atoms with Gasteiger partial charge in [0, 0.05) is 22.6 Å². The summed E-state index contributed by atoms with van der Waals surface area (Å²) in [6.07, 6.45) is -0.714. The van der Waals surface area contributed by atoms with Gasteiger partial charge in [-0.3, -0.25) is 0 Å². The largest absolute Gasteiger partial charge is 0.493 e. The second-order valence-electron chi connectivity index (χ2n) is 3.46. The molecular weight excluding hydrogens is 232 g/mol. The number of hydrogen-bond acceptors (Lipinski definition) is 4. The molecule has 0 radical (unpaired) electrons. The zero-order valence-corrected chi connectivity index (χ0v) is 9.45. The Labute approximate surface area is 97.7 Å². The molecule has 1 aliphatic rings. The standard InChI is InChI=1S/C11H11ClO4/c1-15-11(14)10(13)9-6-4-5-16-8(6)3-2-7(9)12/h2-3,10,13H,4-5H2,1H3. The van der Waals surface area contributed by atoms with Crippen molar-refractivity contribution in [3.8, 4) is 5.75 Å². The van der Waals surface area contributed by atoms with Crippen LogP contribution in [-0.4, -0.2) is 24.8 Å². The molecule has 0 aliphatic carbocycles. The molecule has 16 heavy (non-hydrogen) atoms. The summed E-state index contributed by atoms with van der Waals surface area (Å²) in [5.74, 6) is -0.0513. The topological polar surface area (TPSA) is 55.8 Å². The van der Waals surface area contributed by atoms with E-state index in [-0.39, 0.29) is 0 Å². The molecular formula is C11H11ClO4. The maximum Gasteiger partial charge on any atom is 0.339 e. The zero-order valence-electron chi connectivity index (χ0n) is 8.70. The van der Waals surface area contributed by atoms with E-state index in [0.717, 1.165) is 5.56 Å². The molecule has 1 aromatic rings. The van der Waals surface area contributed by atoms with Gasteiger partial charge in [-0.1, -0.05) is 11.6 Å². The molecule has 2 rings (SSSR count). The van der Waals surface area contributed by atoms with E-state index in [1.807, 2.05) is 0 Å². The highest BCUT2D eigenvalue weighted by Gasteiger charge is 2.28. The maximum atomic E-state index is 11.3. The minimum Gasteiger partial charge on any atom is -0.493 e. The van der Waals surface area contributed by atoms with E-state index in [1.54, 1.807) is 12.1 Å². The van der Waals surface area contributed by atoms with Gasteiger partial charge >= 0.3 is 5.97 Å². The Kier molecular flexibility index (Phi) is 3.03. The summed E-state index contributed by atoms with van der Waals surface area (Å²) in [4.78, 5) is 11.3. The summed E-state index contributed by atoms with van der Waals surface area (Å²) < 4.78 is 9.83. The summed E-state index contributed by atoms with van der Waals surface area (Å²) in [7, 11) is 1.22. The molecule has 0 saturated heterocycles. The average molecular weight is 243 g/mol. The van der Waals surface area contributed by atoms with Gasteiger partial charge in [0.15, 0.2) is 6.10 Å². The highest BCUT2D eigenvalue weighted by molar-refractivity contribution is 6.31. The van der Waals surface area contributed by atoms with Crippen LogP contribution in [0.25, 0.3) is 0 Å². The number of methoxy groups -OCH3 is 1. The summed E-state index contributed by atoms with van der Waals surface area (Å²) in [5, 5.41) is 10.2. The first-order valence-electron chi connectivity index (χ1n) is 4.85. The van der Waals surface area contributed by atoms with E-state index in [2.05, 4.69) is 4.74 Å². The fourth-order valence-corrected chi connectivity index (χ4v) is 2.08. The SMILES string of the molecule is COC(=O)C(O)c1c(Cl)ccc2c1CCO2. The second kappa shape index (κ2) is 4.31. The number of ether oxygens (including phenoxy) is 2. The van der Waals surface area contributed by atoms with Crippen molar-refractivity contribution in [2.45, 2.75) is 12.5 Å². The van der Waals surface area contributed by atoms with Crippen molar-refractivity contribution >= 4 is 17.6 Å². The Bertz CT molecular complexity index is 430. The molecule has 1 unspecified atom stereocenters. The third kappa shape index (κ3) is 1.74. The molecule has 0 saturated carbocycles. The average Bonchev–Trinajstić information content (AvgIpc) is 2.75. The van der Waals surface area contributed by atoms with Crippen molar-refractivity contribution in [3.05, 3.63) is 28.3 Å². The van der Waals surface area contributed by atoms with Crippen LogP contribution in [0.3, 0.4) is 0 Å². The monoisotopic (exact) mass is 242 g/mol. The number of rotatable bonds is 2. The predicted molar refractivity (Wildman–Crippen MR) is 57.6 cm³/mol. The van der Waals surface area contributed by atoms with Gasteiger partial charge in [0.2, 0.25) is 0 Å². The first-order valence-corrected chi connectivity index (χ1v) is 5.23. The van der Waals surface area contributed by atoms with Crippen LogP contribution in [0.4, 0.5) is 0 Å². The first-order chi connectivity index (χ1) is 7.65. The number of aliphatic hydroxyl groups is 1. The van der Waals surface area contributed by atoms with Crippen LogP contribution in [0.5, 0.6) is 5.75 Å². The molecule has 1 aliphatic heterocycles. The molecule has 1 atom stereocenters. The van der Waals surface area contributed by atoms with E-state index < -0.39 is 12.1 Å². The molecule has 4 nitrogen and oxygen atoms in total. The third-order valence-electron chi connectivity index (χ3n) is 2.57. The lowest BCUT2D eigenvalue weighted by Crippen LogP contribution is -2.15. The summed E-state index contributed by atoms with van der Waals surface area (Å²) >= 11 is 5.98. The Morgan fingerprint density at radius 2 is 2.38 bits per heavy atom. The summed E-state index contributed by atoms with van der Waals surface area (Å²) in [6.45, 7) is 0.538. The van der Waals surface area contributed by atoms with Crippen LogP contribution in [0.2, 0.25) is 5.02 Å². The van der Waals surface area contributed by atoms with Gasteiger partial charge in [-0.15, -0.1) is 0 Å². The van der Waals surface area contributed by atoms with Crippen LogP contribution in [0.15, 0.2) is 12.1 Å². The first kappa shape index (κ1) is 11.2. The van der Waals surface area contributed by atoms with Crippen LogP contribution in [-0.2, 0) is 16.0 Å². The number of benzene rings is 1. The van der Waals surface area contributed by atoms with Crippen molar-refractivity contribution in [1.82, 2.24) is 0 Å². The van der Waals surface area contributed by atoms with Crippen LogP contribution in [0, 0.1) is 0 Å². The number of aliphatic hydroxyl groups excluding tert-OH is 1. The van der Waals surface area contributed by atoms with Gasteiger partial charge < -0.3 is 14.6 Å². The number of halogens is 1. The minimum absolute atomic E-state index is 0.349. The smallest absolute Gasteiger partial charge is 0.339 e. The third-order valence-corrected chi connectivity index (χ3v) is 2.90. The number of esters is 1. The summed E-state index contributed by atoms with van der Waals surface area (Å²) in [5.41, 5.74) is 1.17. The lowest BCUT2D eigenvalue weighted by molar-refractivity contribution is -0.150. The lowest BCUT2D eigenvalue weighted by atomic mass is 10.0. The summed E-state index contributed by atoms with van der Waals surface area (Å²) in [6, 6.07) is 3.34. The Morgan fingerprint density at radius 1 is 1.62 bits per heavy atom. The molecule has 0 amide bonds. The van der Waals surface area contributed by atoms with Crippen LogP contribution < -0.4 is 4.74 Å². The molecule has 86 valence electrons. The molecule has 0 aromatic heterocycles. The number of hydrogen-bond donors (Lipinski definition) is 1. The molecule has 1 aromatic carbocycles. The number of fused-ring (bicyclic) bond motifs is 1. The number of carbonyl (C=O) groups excluding carboxylic acids is 1. The van der Waals surface area contributed by atoms with E-state index >= 15 is 0 Å². The maximum absolute atomic E-state index is 11.3. The molecule has 5 heteroatoms. The highest BCUT2D eigenvalue weighted by Crippen LogP contribution is 2.36. The van der Waals surface area contributed by atoms with E-state index in [1.165, 1.54) is 7.11 Å². The van der Waals surface area contributed by atoms with Crippen LogP contribution >= 0.6 is 11.6 Å². The van der Waals surface area contributed by atoms with Gasteiger partial charge in [0.25, 0.3) is 0 Å².